The Morgan fingerprint density at radius 1 is 1.53 bits per heavy atom. The van der Waals surface area contributed by atoms with Crippen molar-refractivity contribution in [2.75, 3.05) is 7.11 Å². The molecule has 4 heteroatoms. The molecule has 0 atom stereocenters. The summed E-state index contributed by atoms with van der Waals surface area (Å²) in [7, 11) is 1.52. The minimum Gasteiger partial charge on any atom is -0.475 e. The highest BCUT2D eigenvalue weighted by Gasteiger charge is 2.24. The van der Waals surface area contributed by atoms with Crippen LogP contribution in [0, 0.1) is 0 Å². The molecule has 0 aliphatic rings. The van der Waals surface area contributed by atoms with Crippen molar-refractivity contribution >= 4 is 5.97 Å². The zero-order valence-electron chi connectivity index (χ0n) is 9.46. The topological polar surface area (TPSA) is 59.7 Å². The van der Waals surface area contributed by atoms with Crippen molar-refractivity contribution in [2.24, 2.45) is 0 Å². The van der Waals surface area contributed by atoms with Crippen LogP contribution in [0.5, 0.6) is 0 Å². The Morgan fingerprint density at radius 3 is 2.53 bits per heavy atom. The van der Waals surface area contributed by atoms with E-state index in [4.69, 9.17) is 14.3 Å². The quantitative estimate of drug-likeness (QED) is 0.835. The highest BCUT2D eigenvalue weighted by Crippen LogP contribution is 2.27. The Labute approximate surface area is 88.8 Å². The normalized spacial score (nSPS) is 11.7. The minimum absolute atomic E-state index is 0.0261. The van der Waals surface area contributed by atoms with Crippen LogP contribution in [0.25, 0.3) is 0 Å². The van der Waals surface area contributed by atoms with Gasteiger partial charge in [0.05, 0.1) is 6.61 Å². The van der Waals surface area contributed by atoms with Gasteiger partial charge in [-0.1, -0.05) is 20.8 Å². The molecule has 0 spiro atoms. The van der Waals surface area contributed by atoms with Crippen molar-refractivity contribution in [3.05, 3.63) is 23.2 Å². The average molecular weight is 212 g/mol. The number of carboxylic acid groups (broad SMARTS) is 1. The molecule has 0 unspecified atom stereocenters. The summed E-state index contributed by atoms with van der Waals surface area (Å²) < 4.78 is 10.2. The van der Waals surface area contributed by atoms with Crippen molar-refractivity contribution in [2.45, 2.75) is 32.8 Å². The smallest absolute Gasteiger partial charge is 0.372 e. The van der Waals surface area contributed by atoms with E-state index >= 15 is 0 Å². The first-order valence-electron chi connectivity index (χ1n) is 4.71. The fraction of sp³-hybridized carbons (Fsp3) is 0.545. The maximum absolute atomic E-state index is 10.9. The molecule has 0 radical (unpaired) electrons. The van der Waals surface area contributed by atoms with E-state index in [1.807, 2.05) is 20.8 Å². The van der Waals surface area contributed by atoms with Crippen LogP contribution in [0.1, 0.15) is 42.6 Å². The van der Waals surface area contributed by atoms with E-state index in [-0.39, 0.29) is 17.8 Å². The van der Waals surface area contributed by atoms with Crippen LogP contribution < -0.4 is 0 Å². The van der Waals surface area contributed by atoms with Gasteiger partial charge in [-0.05, 0) is 6.07 Å². The van der Waals surface area contributed by atoms with Crippen LogP contribution in [-0.2, 0) is 16.8 Å². The first kappa shape index (κ1) is 11.8. The number of hydrogen-bond donors (Lipinski definition) is 1. The Kier molecular flexibility index (Phi) is 3.19. The lowest BCUT2D eigenvalue weighted by Crippen LogP contribution is -2.09. The summed E-state index contributed by atoms with van der Waals surface area (Å²) in [5.41, 5.74) is 0.380. The Bertz CT molecular complexity index is 357. The summed E-state index contributed by atoms with van der Waals surface area (Å²) in [5, 5.41) is 8.92. The van der Waals surface area contributed by atoms with Gasteiger partial charge in [-0.3, -0.25) is 0 Å². The number of methoxy groups -OCH3 is 1. The predicted molar refractivity (Wildman–Crippen MR) is 55.1 cm³/mol. The van der Waals surface area contributed by atoms with Crippen LogP contribution in [0.15, 0.2) is 10.5 Å². The summed E-state index contributed by atoms with van der Waals surface area (Å²) in [6.07, 6.45) is 0. The number of furan rings is 1. The van der Waals surface area contributed by atoms with Crippen LogP contribution in [0.2, 0.25) is 0 Å². The fourth-order valence-electron chi connectivity index (χ4n) is 1.24. The molecule has 15 heavy (non-hydrogen) atoms. The first-order valence-corrected chi connectivity index (χ1v) is 4.71. The lowest BCUT2D eigenvalue weighted by atomic mass is 9.93. The summed E-state index contributed by atoms with van der Waals surface area (Å²) in [4.78, 5) is 10.9. The molecule has 0 aliphatic carbocycles. The SMILES string of the molecule is COCc1cc(C(C)(C)C)oc1C(=O)O. The third-order valence-electron chi connectivity index (χ3n) is 2.04. The molecule has 1 aromatic rings. The fourth-order valence-corrected chi connectivity index (χ4v) is 1.24. The van der Waals surface area contributed by atoms with Crippen molar-refractivity contribution in [1.29, 1.82) is 0 Å². The van der Waals surface area contributed by atoms with Gasteiger partial charge < -0.3 is 14.3 Å². The first-order chi connectivity index (χ1) is 6.86. The van der Waals surface area contributed by atoms with Crippen LogP contribution >= 0.6 is 0 Å². The standard InChI is InChI=1S/C11H16O4/c1-11(2,3)8-5-7(6-14-4)9(15-8)10(12)13/h5H,6H2,1-4H3,(H,12,13). The van der Waals surface area contributed by atoms with Crippen LogP contribution in [0.3, 0.4) is 0 Å². The lowest BCUT2D eigenvalue weighted by molar-refractivity contribution is 0.0652. The number of aromatic carboxylic acids is 1. The summed E-state index contributed by atoms with van der Waals surface area (Å²) >= 11 is 0. The van der Waals surface area contributed by atoms with Gasteiger partial charge in [0.2, 0.25) is 5.76 Å². The zero-order valence-corrected chi connectivity index (χ0v) is 9.46. The van der Waals surface area contributed by atoms with Gasteiger partial charge in [-0.15, -0.1) is 0 Å². The maximum Gasteiger partial charge on any atom is 0.372 e. The monoisotopic (exact) mass is 212 g/mol. The van der Waals surface area contributed by atoms with E-state index < -0.39 is 5.97 Å². The molecule has 0 bridgehead atoms. The van der Waals surface area contributed by atoms with Crippen molar-refractivity contribution < 1.29 is 19.1 Å². The largest absolute Gasteiger partial charge is 0.475 e. The van der Waals surface area contributed by atoms with E-state index in [2.05, 4.69) is 0 Å². The van der Waals surface area contributed by atoms with Gasteiger partial charge in [0.15, 0.2) is 0 Å². The lowest BCUT2D eigenvalue weighted by Gasteiger charge is -2.13. The van der Waals surface area contributed by atoms with Gasteiger partial charge in [0.1, 0.15) is 5.76 Å². The van der Waals surface area contributed by atoms with E-state index in [9.17, 15) is 4.79 Å². The van der Waals surface area contributed by atoms with Gasteiger partial charge >= 0.3 is 5.97 Å². The van der Waals surface area contributed by atoms with Crippen LogP contribution in [-0.4, -0.2) is 18.2 Å². The van der Waals surface area contributed by atoms with Gasteiger partial charge in [0, 0.05) is 18.1 Å². The molecule has 84 valence electrons. The third-order valence-corrected chi connectivity index (χ3v) is 2.04. The maximum atomic E-state index is 10.9. The summed E-state index contributed by atoms with van der Waals surface area (Å²) in [6, 6.07) is 1.74. The number of rotatable bonds is 3. The Morgan fingerprint density at radius 2 is 2.13 bits per heavy atom. The van der Waals surface area contributed by atoms with Crippen molar-refractivity contribution in [3.8, 4) is 0 Å². The molecule has 4 nitrogen and oxygen atoms in total. The zero-order chi connectivity index (χ0) is 11.6. The van der Waals surface area contributed by atoms with Gasteiger partial charge in [-0.2, -0.15) is 0 Å². The molecule has 0 aromatic carbocycles. The molecule has 0 fully saturated rings. The van der Waals surface area contributed by atoms with E-state index in [1.54, 1.807) is 6.07 Å². The molecule has 1 aromatic heterocycles. The van der Waals surface area contributed by atoms with Gasteiger partial charge in [-0.25, -0.2) is 4.79 Å². The number of carbonyl (C=O) groups is 1. The summed E-state index contributed by atoms with van der Waals surface area (Å²) in [5.74, 6) is -0.425. The molecule has 0 amide bonds. The average Bonchev–Trinajstić information content (AvgIpc) is 2.48. The molecule has 0 saturated heterocycles. The molecule has 0 aliphatic heterocycles. The molecular formula is C11H16O4. The summed E-state index contributed by atoms with van der Waals surface area (Å²) in [6.45, 7) is 6.15. The molecule has 1 N–H and O–H groups in total. The second kappa shape index (κ2) is 4.06. The third kappa shape index (κ3) is 2.59. The van der Waals surface area contributed by atoms with Crippen molar-refractivity contribution in [1.82, 2.24) is 0 Å². The number of carboxylic acids is 1. The van der Waals surface area contributed by atoms with Crippen LogP contribution in [0.4, 0.5) is 0 Å². The van der Waals surface area contributed by atoms with E-state index in [1.165, 1.54) is 7.11 Å². The minimum atomic E-state index is -1.06. The molecule has 1 heterocycles. The highest BCUT2D eigenvalue weighted by molar-refractivity contribution is 5.86. The number of hydrogen-bond acceptors (Lipinski definition) is 3. The van der Waals surface area contributed by atoms with E-state index in [0.717, 1.165) is 0 Å². The Hall–Kier alpha value is -1.29. The second-order valence-corrected chi connectivity index (χ2v) is 4.45. The Balaban J connectivity index is 3.15. The highest BCUT2D eigenvalue weighted by atomic mass is 16.5. The molecule has 0 saturated carbocycles. The van der Waals surface area contributed by atoms with Gasteiger partial charge in [0.25, 0.3) is 0 Å². The second-order valence-electron chi connectivity index (χ2n) is 4.45. The molecular weight excluding hydrogens is 196 g/mol. The van der Waals surface area contributed by atoms with E-state index in [0.29, 0.717) is 11.3 Å². The number of ether oxygens (including phenoxy) is 1. The molecule has 1 rings (SSSR count). The van der Waals surface area contributed by atoms with Crippen molar-refractivity contribution in [3.63, 3.8) is 0 Å². The predicted octanol–water partition coefficient (Wildman–Crippen LogP) is 2.42.